The van der Waals surface area contributed by atoms with Crippen LogP contribution in [0.3, 0.4) is 0 Å². The number of aryl methyl sites for hydroxylation is 1. The van der Waals surface area contributed by atoms with Gasteiger partial charge in [-0.3, -0.25) is 4.79 Å². The van der Waals surface area contributed by atoms with Crippen molar-refractivity contribution in [2.24, 2.45) is 5.92 Å². The van der Waals surface area contributed by atoms with Crippen LogP contribution in [0.1, 0.15) is 68.1 Å². The monoisotopic (exact) mass is 649 g/mol. The predicted molar refractivity (Wildman–Crippen MR) is 183 cm³/mol. The lowest BCUT2D eigenvalue weighted by atomic mass is 10.0. The number of carbonyl (C=O) groups is 2. The zero-order valence-electron chi connectivity index (χ0n) is 28.9. The third-order valence-corrected chi connectivity index (χ3v) is 10.3. The van der Waals surface area contributed by atoms with E-state index in [0.29, 0.717) is 62.9 Å². The number of hydrogen-bond acceptors (Lipinski definition) is 7. The number of nitrogens with one attached hydrogen (secondary N) is 1. The Labute approximate surface area is 274 Å². The number of piperidine rings is 1. The van der Waals surface area contributed by atoms with Gasteiger partial charge in [-0.05, 0) is 84.4 Å². The first-order valence-corrected chi connectivity index (χ1v) is 20.3. The van der Waals surface area contributed by atoms with Crippen LogP contribution < -0.4 is 10.1 Å². The molecule has 3 heterocycles. The van der Waals surface area contributed by atoms with Crippen molar-refractivity contribution in [1.29, 1.82) is 0 Å². The molecule has 10 nitrogen and oxygen atoms in total. The van der Waals surface area contributed by atoms with E-state index in [1.54, 1.807) is 4.90 Å². The quantitative estimate of drug-likeness (QED) is 0.177. The summed E-state index contributed by atoms with van der Waals surface area (Å²) in [6.45, 7) is 19.3. The van der Waals surface area contributed by atoms with Crippen molar-refractivity contribution < 1.29 is 23.8 Å². The van der Waals surface area contributed by atoms with Crippen molar-refractivity contribution >= 4 is 31.1 Å². The predicted octanol–water partition coefficient (Wildman–Crippen LogP) is 6.95. The second-order valence-corrected chi connectivity index (χ2v) is 20.7. The average Bonchev–Trinajstić information content (AvgIpc) is 3.75. The minimum absolute atomic E-state index is 0.0718. The fourth-order valence-corrected chi connectivity index (χ4v) is 6.45. The van der Waals surface area contributed by atoms with E-state index in [1.165, 1.54) is 19.2 Å². The number of aromatic nitrogens is 3. The Hall–Kier alpha value is -3.44. The molecule has 2 fully saturated rings. The van der Waals surface area contributed by atoms with E-state index < -0.39 is 13.7 Å². The summed E-state index contributed by atoms with van der Waals surface area (Å²) < 4.78 is 20.2. The molecule has 1 saturated heterocycles. The number of likely N-dealkylation sites (tertiary alicyclic amines) is 1. The lowest BCUT2D eigenvalue weighted by Gasteiger charge is -2.33. The molecular weight excluding hydrogens is 599 g/mol. The standard InChI is InChI=1S/C35H51N5O5Si/c1-23-9-12-28(44-20-25-10-11-25)27(19-23)30-32-31(37-21-36-30)29(24(2)40(32)22-43-17-18-46(6,7)8)33(41)38-26-13-15-39(16-14-26)34(42)45-35(3,4)5/h9,12,19,21,25-26H,10-11,13-18,20,22H2,1-8H3,(H,38,41). The number of amides is 2. The molecule has 0 unspecified atom stereocenters. The van der Waals surface area contributed by atoms with Crippen LogP contribution in [0.25, 0.3) is 22.3 Å². The van der Waals surface area contributed by atoms with Gasteiger partial charge in [-0.15, -0.1) is 0 Å². The molecule has 1 aliphatic carbocycles. The summed E-state index contributed by atoms with van der Waals surface area (Å²) in [6.07, 6.45) is 4.92. The van der Waals surface area contributed by atoms with Crippen LogP contribution in [-0.2, 0) is 16.2 Å². The highest BCUT2D eigenvalue weighted by molar-refractivity contribution is 6.76. The van der Waals surface area contributed by atoms with Gasteiger partial charge in [0.2, 0.25) is 0 Å². The minimum Gasteiger partial charge on any atom is -0.493 e. The molecule has 0 atom stereocenters. The number of nitrogens with zero attached hydrogens (tertiary/aromatic N) is 4. The Morgan fingerprint density at radius 2 is 1.76 bits per heavy atom. The van der Waals surface area contributed by atoms with E-state index in [9.17, 15) is 9.59 Å². The molecule has 3 aromatic rings. The van der Waals surface area contributed by atoms with Crippen LogP contribution >= 0.6 is 0 Å². The SMILES string of the molecule is Cc1ccc(OCC2CC2)c(-c2ncnc3c(C(=O)NC4CCN(C(=O)OC(C)(C)C)CC4)c(C)n(COCC[Si](C)(C)C)c23)c1. The third-order valence-electron chi connectivity index (χ3n) is 8.58. The molecular formula is C35H51N5O5Si. The van der Waals surface area contributed by atoms with E-state index in [-0.39, 0.29) is 18.0 Å². The highest BCUT2D eigenvalue weighted by atomic mass is 28.3. The Bertz CT molecular complexity index is 1560. The largest absolute Gasteiger partial charge is 0.493 e. The zero-order valence-corrected chi connectivity index (χ0v) is 29.9. The summed E-state index contributed by atoms with van der Waals surface area (Å²) in [7, 11) is -1.29. The fraction of sp³-hybridized carbons (Fsp3) is 0.600. The van der Waals surface area contributed by atoms with Crippen LogP contribution in [0.4, 0.5) is 4.79 Å². The Morgan fingerprint density at radius 1 is 1.04 bits per heavy atom. The lowest BCUT2D eigenvalue weighted by molar-refractivity contribution is 0.0199. The van der Waals surface area contributed by atoms with Gasteiger partial charge in [0.05, 0.1) is 17.7 Å². The number of benzene rings is 1. The van der Waals surface area contributed by atoms with Gasteiger partial charge in [-0.1, -0.05) is 31.3 Å². The van der Waals surface area contributed by atoms with Crippen LogP contribution in [0.15, 0.2) is 24.5 Å². The minimum atomic E-state index is -1.29. The number of rotatable bonds is 11. The van der Waals surface area contributed by atoms with E-state index in [1.807, 2.05) is 38.3 Å². The van der Waals surface area contributed by atoms with Crippen molar-refractivity contribution in [1.82, 2.24) is 24.8 Å². The van der Waals surface area contributed by atoms with Crippen molar-refractivity contribution in [3.8, 4) is 17.0 Å². The first kappa shape index (κ1) is 33.9. The molecule has 46 heavy (non-hydrogen) atoms. The van der Waals surface area contributed by atoms with Gasteiger partial charge < -0.3 is 29.0 Å². The van der Waals surface area contributed by atoms with Gasteiger partial charge in [-0.2, -0.15) is 0 Å². The molecule has 1 aliphatic heterocycles. The average molecular weight is 650 g/mol. The highest BCUT2D eigenvalue weighted by Crippen LogP contribution is 2.38. The topological polar surface area (TPSA) is 108 Å². The molecule has 0 bridgehead atoms. The normalized spacial score (nSPS) is 16.1. The fourth-order valence-electron chi connectivity index (χ4n) is 5.69. The molecule has 1 saturated carbocycles. The molecule has 250 valence electrons. The summed E-state index contributed by atoms with van der Waals surface area (Å²) in [4.78, 5) is 37.8. The molecule has 0 radical (unpaired) electrons. The summed E-state index contributed by atoms with van der Waals surface area (Å²) in [5.41, 5.74) is 4.82. The maximum Gasteiger partial charge on any atom is 0.410 e. The van der Waals surface area contributed by atoms with E-state index in [2.05, 4.69) is 49.0 Å². The third kappa shape index (κ3) is 8.47. The molecule has 2 aromatic heterocycles. The van der Waals surface area contributed by atoms with Gasteiger partial charge in [0.15, 0.2) is 0 Å². The van der Waals surface area contributed by atoms with E-state index in [0.717, 1.165) is 39.8 Å². The maximum atomic E-state index is 14.0. The number of carbonyl (C=O) groups excluding carboxylic acids is 2. The molecule has 1 N–H and O–H groups in total. The smallest absolute Gasteiger partial charge is 0.410 e. The summed E-state index contributed by atoms with van der Waals surface area (Å²) in [5, 5.41) is 3.24. The van der Waals surface area contributed by atoms with Gasteiger partial charge in [0.1, 0.15) is 35.6 Å². The first-order chi connectivity index (χ1) is 21.7. The summed E-state index contributed by atoms with van der Waals surface area (Å²) >= 11 is 0. The van der Waals surface area contributed by atoms with Gasteiger partial charge in [0.25, 0.3) is 5.91 Å². The van der Waals surface area contributed by atoms with Crippen LogP contribution in [0, 0.1) is 19.8 Å². The van der Waals surface area contributed by atoms with Gasteiger partial charge in [0, 0.05) is 45.1 Å². The van der Waals surface area contributed by atoms with Crippen molar-refractivity contribution in [3.63, 3.8) is 0 Å². The molecule has 2 aliphatic rings. The van der Waals surface area contributed by atoms with Crippen molar-refractivity contribution in [2.45, 2.75) is 104 Å². The highest BCUT2D eigenvalue weighted by Gasteiger charge is 2.31. The first-order valence-electron chi connectivity index (χ1n) is 16.6. The van der Waals surface area contributed by atoms with E-state index >= 15 is 0 Å². The Balaban J connectivity index is 1.45. The second-order valence-electron chi connectivity index (χ2n) is 15.1. The summed E-state index contributed by atoms with van der Waals surface area (Å²) in [5.74, 6) is 1.21. The van der Waals surface area contributed by atoms with E-state index in [4.69, 9.17) is 19.2 Å². The van der Waals surface area contributed by atoms with Crippen LogP contribution in [0.2, 0.25) is 25.7 Å². The molecule has 2 amide bonds. The van der Waals surface area contributed by atoms with Gasteiger partial charge in [-0.25, -0.2) is 14.8 Å². The number of ether oxygens (including phenoxy) is 3. The van der Waals surface area contributed by atoms with Crippen LogP contribution in [0.5, 0.6) is 5.75 Å². The second kappa shape index (κ2) is 13.7. The molecule has 0 spiro atoms. The molecule has 1 aromatic carbocycles. The molecule has 11 heteroatoms. The maximum absolute atomic E-state index is 14.0. The Morgan fingerprint density at radius 3 is 2.41 bits per heavy atom. The number of hydrogen-bond donors (Lipinski definition) is 1. The number of fused-ring (bicyclic) bond motifs is 1. The zero-order chi connectivity index (χ0) is 33.2. The molecule has 5 rings (SSSR count). The van der Waals surface area contributed by atoms with Crippen molar-refractivity contribution in [3.05, 3.63) is 41.3 Å². The lowest BCUT2D eigenvalue weighted by Crippen LogP contribution is -2.47. The summed E-state index contributed by atoms with van der Waals surface area (Å²) in [6, 6.07) is 7.14. The van der Waals surface area contributed by atoms with Gasteiger partial charge >= 0.3 is 6.09 Å². The van der Waals surface area contributed by atoms with Crippen LogP contribution in [-0.4, -0.2) is 77.5 Å². The Kier molecular flexibility index (Phi) is 10.1. The van der Waals surface area contributed by atoms with Crippen molar-refractivity contribution in [2.75, 3.05) is 26.3 Å².